The van der Waals surface area contributed by atoms with Gasteiger partial charge < -0.3 is 16.2 Å². The van der Waals surface area contributed by atoms with Crippen LogP contribution in [-0.4, -0.2) is 11.9 Å². The number of ketones is 1. The Morgan fingerprint density at radius 3 is 2.41 bits per heavy atom. The Morgan fingerprint density at radius 1 is 1.17 bits per heavy atom. The van der Waals surface area contributed by atoms with Gasteiger partial charge in [0.2, 0.25) is 5.78 Å². The lowest BCUT2D eigenvalue weighted by Gasteiger charge is -2.17. The van der Waals surface area contributed by atoms with E-state index in [1.165, 1.54) is 0 Å². The molecule has 0 aliphatic rings. The van der Waals surface area contributed by atoms with Crippen LogP contribution in [0.2, 0.25) is 0 Å². The van der Waals surface area contributed by atoms with Gasteiger partial charge in [0.25, 0.3) is 0 Å². The van der Waals surface area contributed by atoms with Crippen LogP contribution in [0.3, 0.4) is 0 Å². The first-order valence-corrected chi connectivity index (χ1v) is 9.52. The molecule has 0 spiro atoms. The lowest BCUT2D eigenvalue weighted by atomic mass is 10.0. The molecule has 0 aliphatic carbocycles. The molecule has 0 bridgehead atoms. The molecule has 1 unspecified atom stereocenters. The highest BCUT2D eigenvalue weighted by molar-refractivity contribution is 6.09. The molecule has 0 heterocycles. The van der Waals surface area contributed by atoms with Gasteiger partial charge in [-0.05, 0) is 63.0 Å². The summed E-state index contributed by atoms with van der Waals surface area (Å²) in [7, 11) is 0. The summed E-state index contributed by atoms with van der Waals surface area (Å²) in [6.07, 6.45) is 6.53. The van der Waals surface area contributed by atoms with Crippen molar-refractivity contribution >= 4 is 11.9 Å². The van der Waals surface area contributed by atoms with Crippen LogP contribution in [0, 0.1) is 6.92 Å². The van der Waals surface area contributed by atoms with Crippen molar-refractivity contribution in [3.63, 3.8) is 0 Å². The number of alkyl carbamates (subject to hydrolysis) is 1. The van der Waals surface area contributed by atoms with Crippen LogP contribution in [0.1, 0.15) is 51.3 Å². The maximum Gasteiger partial charge on any atom is 0.412 e. The number of amides is 1. The molecule has 1 aromatic carbocycles. The van der Waals surface area contributed by atoms with E-state index in [0.717, 1.165) is 17.5 Å². The second kappa shape index (κ2) is 11.5. The van der Waals surface area contributed by atoms with Crippen molar-refractivity contribution in [1.29, 1.82) is 0 Å². The highest BCUT2D eigenvalue weighted by Gasteiger charge is 2.19. The molecule has 6 nitrogen and oxygen atoms in total. The fourth-order valence-corrected chi connectivity index (χ4v) is 2.54. The first-order valence-electron chi connectivity index (χ1n) is 9.52. The molecular formula is C23H31N3O3. The number of hydrogen-bond donors (Lipinski definition) is 3. The number of allylic oxidation sites excluding steroid dienone is 6. The summed E-state index contributed by atoms with van der Waals surface area (Å²) in [6.45, 7) is 8.88. The van der Waals surface area contributed by atoms with Crippen LogP contribution in [0.5, 0.6) is 0 Å². The molecule has 29 heavy (non-hydrogen) atoms. The predicted molar refractivity (Wildman–Crippen MR) is 117 cm³/mol. The van der Waals surface area contributed by atoms with Crippen LogP contribution in [0.15, 0.2) is 71.2 Å². The fourth-order valence-electron chi connectivity index (χ4n) is 2.54. The molecule has 1 aromatic rings. The fraction of sp³-hybridized carbons (Fsp3) is 0.304. The zero-order chi connectivity index (χ0) is 22.0. The standard InChI is InChI=1S/C23H31N3O3/c1-6-7-11-19(25)14-13-16(3)22(27)21(17(4)24)26-23(28)29-18(5)20-12-9-8-10-15(20)2/h7-14,18H,6,24-25H2,1-5H3,(H,26,28)/b11-7+,16-13+,19-14+,21-17+. The Labute approximate surface area is 173 Å². The molecule has 0 radical (unpaired) electrons. The van der Waals surface area contributed by atoms with Crippen molar-refractivity contribution in [2.75, 3.05) is 0 Å². The van der Waals surface area contributed by atoms with Gasteiger partial charge in [-0.1, -0.05) is 43.3 Å². The minimum absolute atomic E-state index is 0.0168. The quantitative estimate of drug-likeness (QED) is 0.448. The smallest absolute Gasteiger partial charge is 0.412 e. The topological polar surface area (TPSA) is 107 Å². The first-order chi connectivity index (χ1) is 13.7. The summed E-state index contributed by atoms with van der Waals surface area (Å²) in [5, 5.41) is 2.48. The van der Waals surface area contributed by atoms with Gasteiger partial charge in [-0.2, -0.15) is 0 Å². The van der Waals surface area contributed by atoms with E-state index in [-0.39, 0.29) is 11.4 Å². The summed E-state index contributed by atoms with van der Waals surface area (Å²) in [6, 6.07) is 7.62. The molecule has 1 amide bonds. The summed E-state index contributed by atoms with van der Waals surface area (Å²) in [4.78, 5) is 25.0. The normalized spacial score (nSPS) is 14.4. The Hall–Kier alpha value is -3.28. The van der Waals surface area contributed by atoms with Crippen LogP contribution in [-0.2, 0) is 9.53 Å². The molecule has 5 N–H and O–H groups in total. The van der Waals surface area contributed by atoms with E-state index in [1.807, 2.05) is 44.2 Å². The summed E-state index contributed by atoms with van der Waals surface area (Å²) in [5.74, 6) is -0.408. The zero-order valence-corrected chi connectivity index (χ0v) is 17.8. The van der Waals surface area contributed by atoms with Crippen molar-refractivity contribution < 1.29 is 14.3 Å². The van der Waals surface area contributed by atoms with Crippen molar-refractivity contribution in [2.24, 2.45) is 11.5 Å². The maximum absolute atomic E-state index is 12.7. The minimum Gasteiger partial charge on any atom is -0.441 e. The minimum atomic E-state index is -0.748. The van der Waals surface area contributed by atoms with Crippen molar-refractivity contribution in [1.82, 2.24) is 5.32 Å². The number of benzene rings is 1. The van der Waals surface area contributed by atoms with Gasteiger partial charge in [0.15, 0.2) is 0 Å². The molecule has 156 valence electrons. The average Bonchev–Trinajstić information content (AvgIpc) is 2.68. The van der Waals surface area contributed by atoms with E-state index >= 15 is 0 Å². The first kappa shape index (κ1) is 23.8. The Morgan fingerprint density at radius 2 is 1.83 bits per heavy atom. The maximum atomic E-state index is 12.7. The highest BCUT2D eigenvalue weighted by Crippen LogP contribution is 2.20. The molecule has 0 saturated carbocycles. The number of aryl methyl sites for hydroxylation is 1. The molecule has 1 atom stereocenters. The van der Waals surface area contributed by atoms with Crippen LogP contribution >= 0.6 is 0 Å². The molecule has 0 saturated heterocycles. The summed E-state index contributed by atoms with van der Waals surface area (Å²) in [5.41, 5.74) is 14.6. The largest absolute Gasteiger partial charge is 0.441 e. The van der Waals surface area contributed by atoms with E-state index in [0.29, 0.717) is 11.3 Å². The molecular weight excluding hydrogens is 366 g/mol. The Kier molecular flexibility index (Phi) is 9.45. The monoisotopic (exact) mass is 397 g/mol. The van der Waals surface area contributed by atoms with E-state index in [4.69, 9.17) is 16.2 Å². The second-order valence-corrected chi connectivity index (χ2v) is 6.74. The third-order valence-electron chi connectivity index (χ3n) is 4.19. The van der Waals surface area contributed by atoms with E-state index in [9.17, 15) is 9.59 Å². The number of ether oxygens (including phenoxy) is 1. The third-order valence-corrected chi connectivity index (χ3v) is 4.19. The van der Waals surface area contributed by atoms with Gasteiger partial charge >= 0.3 is 6.09 Å². The number of Topliss-reactive ketones (excluding diaryl/α,β-unsaturated/α-hetero) is 1. The van der Waals surface area contributed by atoms with Crippen molar-refractivity contribution in [3.8, 4) is 0 Å². The second-order valence-electron chi connectivity index (χ2n) is 6.74. The molecule has 1 rings (SSSR count). The highest BCUT2D eigenvalue weighted by atomic mass is 16.6. The number of nitrogens with one attached hydrogen (secondary N) is 1. The SMILES string of the molecule is CC/C=C/C(N)=C\C=C(/C)C(=O)/C(NC(=O)OC(C)c1ccccc1C)=C(/C)N. The van der Waals surface area contributed by atoms with Gasteiger partial charge in [-0.15, -0.1) is 0 Å². The number of nitrogens with two attached hydrogens (primary N) is 2. The van der Waals surface area contributed by atoms with Gasteiger partial charge in [0.05, 0.1) is 0 Å². The molecule has 0 aliphatic heterocycles. The number of hydrogen-bond acceptors (Lipinski definition) is 5. The van der Waals surface area contributed by atoms with Gasteiger partial charge in [0.1, 0.15) is 11.8 Å². The van der Waals surface area contributed by atoms with Crippen molar-refractivity contribution in [3.05, 3.63) is 82.4 Å². The third kappa shape index (κ3) is 7.70. The Bertz CT molecular complexity index is 860. The average molecular weight is 398 g/mol. The number of rotatable bonds is 8. The lowest BCUT2D eigenvalue weighted by molar-refractivity contribution is -0.112. The van der Waals surface area contributed by atoms with Gasteiger partial charge in [-0.3, -0.25) is 10.1 Å². The van der Waals surface area contributed by atoms with Gasteiger partial charge in [0, 0.05) is 11.4 Å². The molecule has 0 aromatic heterocycles. The number of carbonyl (C=O) groups is 2. The zero-order valence-electron chi connectivity index (χ0n) is 17.8. The van der Waals surface area contributed by atoms with Crippen molar-refractivity contribution in [2.45, 2.75) is 47.1 Å². The Balaban J connectivity index is 2.89. The number of carbonyl (C=O) groups excluding carboxylic acids is 2. The molecule has 6 heteroatoms. The predicted octanol–water partition coefficient (Wildman–Crippen LogP) is 4.30. The lowest BCUT2D eigenvalue weighted by Crippen LogP contribution is -2.31. The molecule has 0 fully saturated rings. The van der Waals surface area contributed by atoms with E-state index < -0.39 is 18.0 Å². The summed E-state index contributed by atoms with van der Waals surface area (Å²) >= 11 is 0. The van der Waals surface area contributed by atoms with E-state index in [2.05, 4.69) is 5.32 Å². The van der Waals surface area contributed by atoms with E-state index in [1.54, 1.807) is 39.0 Å². The van der Waals surface area contributed by atoms with Crippen LogP contribution in [0.25, 0.3) is 0 Å². The summed E-state index contributed by atoms with van der Waals surface area (Å²) < 4.78 is 5.42. The van der Waals surface area contributed by atoms with Crippen LogP contribution < -0.4 is 16.8 Å². The van der Waals surface area contributed by atoms with Gasteiger partial charge in [-0.25, -0.2) is 4.79 Å². The van der Waals surface area contributed by atoms with Crippen LogP contribution in [0.4, 0.5) is 4.79 Å².